The summed E-state index contributed by atoms with van der Waals surface area (Å²) in [6, 6.07) is 15.9. The third-order valence-corrected chi connectivity index (χ3v) is 5.12. The van der Waals surface area contributed by atoms with Crippen LogP contribution in [-0.2, 0) is 0 Å². The first-order valence-corrected chi connectivity index (χ1v) is 9.51. The molecule has 6 heterocycles. The van der Waals surface area contributed by atoms with Gasteiger partial charge in [0.25, 0.3) is 0 Å². The number of hydrogen-bond donors (Lipinski definition) is 2. The summed E-state index contributed by atoms with van der Waals surface area (Å²) in [5.41, 5.74) is 8.00. The summed E-state index contributed by atoms with van der Waals surface area (Å²) in [5, 5.41) is 8.61. The van der Waals surface area contributed by atoms with Crippen LogP contribution < -0.4 is 0 Å². The molecule has 0 spiro atoms. The quantitative estimate of drug-likeness (QED) is 0.460. The topological polar surface area (TPSA) is 96.0 Å². The third-order valence-electron chi connectivity index (χ3n) is 5.12. The van der Waals surface area contributed by atoms with E-state index in [1.165, 1.54) is 0 Å². The number of hydrogen-bond acceptors (Lipinski definition) is 5. The number of aromatic nitrogens is 7. The third kappa shape index (κ3) is 2.64. The molecule has 6 rings (SSSR count). The molecule has 0 saturated heterocycles. The second-order valence-electron chi connectivity index (χ2n) is 6.95. The Kier molecular flexibility index (Phi) is 3.64. The lowest BCUT2D eigenvalue weighted by Gasteiger charge is -2.01. The molecule has 0 aliphatic rings. The van der Waals surface area contributed by atoms with Crippen LogP contribution >= 0.6 is 0 Å². The molecule has 0 radical (unpaired) electrons. The molecule has 7 nitrogen and oxygen atoms in total. The van der Waals surface area contributed by atoms with Crippen LogP contribution in [0.3, 0.4) is 0 Å². The first-order valence-electron chi connectivity index (χ1n) is 9.51. The molecule has 0 saturated carbocycles. The molecule has 142 valence electrons. The molecule has 0 unspecified atom stereocenters. The fourth-order valence-electron chi connectivity index (χ4n) is 3.69. The number of nitrogens with one attached hydrogen (secondary N) is 2. The zero-order valence-electron chi connectivity index (χ0n) is 15.7. The maximum atomic E-state index is 4.85. The maximum absolute atomic E-state index is 4.85. The minimum absolute atomic E-state index is 0.755. The van der Waals surface area contributed by atoms with Crippen molar-refractivity contribution in [3.63, 3.8) is 0 Å². The molecule has 0 aliphatic heterocycles. The first kappa shape index (κ1) is 16.6. The molecule has 0 fully saturated rings. The van der Waals surface area contributed by atoms with E-state index in [0.717, 1.165) is 55.8 Å². The van der Waals surface area contributed by atoms with E-state index < -0.39 is 0 Å². The van der Waals surface area contributed by atoms with Gasteiger partial charge in [-0.2, -0.15) is 5.10 Å². The Balaban J connectivity index is 1.52. The minimum atomic E-state index is 0.755. The summed E-state index contributed by atoms with van der Waals surface area (Å²) < 4.78 is 0. The molecule has 0 atom stereocenters. The molecule has 30 heavy (non-hydrogen) atoms. The Morgan fingerprint density at radius 2 is 1.63 bits per heavy atom. The van der Waals surface area contributed by atoms with E-state index in [1.54, 1.807) is 24.8 Å². The normalized spacial score (nSPS) is 11.3. The van der Waals surface area contributed by atoms with Crippen LogP contribution in [0.15, 0.2) is 79.5 Å². The summed E-state index contributed by atoms with van der Waals surface area (Å²) in [4.78, 5) is 21.2. The predicted octanol–water partition coefficient (Wildman–Crippen LogP) is 4.63. The van der Waals surface area contributed by atoms with Gasteiger partial charge in [0.05, 0.1) is 16.9 Å². The van der Waals surface area contributed by atoms with Crippen LogP contribution in [0.1, 0.15) is 0 Å². The van der Waals surface area contributed by atoms with E-state index in [2.05, 4.69) is 36.2 Å². The van der Waals surface area contributed by atoms with Crippen molar-refractivity contribution in [1.82, 2.24) is 35.1 Å². The van der Waals surface area contributed by atoms with Crippen LogP contribution in [-0.4, -0.2) is 35.1 Å². The van der Waals surface area contributed by atoms with Gasteiger partial charge in [-0.15, -0.1) is 0 Å². The minimum Gasteiger partial charge on any atom is -0.338 e. The van der Waals surface area contributed by atoms with Gasteiger partial charge in [0.2, 0.25) is 0 Å². The molecule has 7 heteroatoms. The molecule has 0 aliphatic carbocycles. The second kappa shape index (κ2) is 6.59. The number of fused-ring (bicyclic) bond motifs is 2. The van der Waals surface area contributed by atoms with Gasteiger partial charge in [-0.1, -0.05) is 6.07 Å². The van der Waals surface area contributed by atoms with Crippen LogP contribution in [0.25, 0.3) is 55.8 Å². The average molecular weight is 389 g/mol. The molecule has 6 aromatic rings. The Morgan fingerprint density at radius 3 is 2.43 bits per heavy atom. The van der Waals surface area contributed by atoms with Gasteiger partial charge >= 0.3 is 0 Å². The molecular weight excluding hydrogens is 374 g/mol. The van der Waals surface area contributed by atoms with Crippen LogP contribution in [0.2, 0.25) is 0 Å². The van der Waals surface area contributed by atoms with Gasteiger partial charge in [0.15, 0.2) is 0 Å². The standard InChI is InChI=1S/C23H15N7/c1-3-14(12-24-8-1)16-7-10-26-23-17(16)11-20(28-23)22-21-19(29-30-22)6-5-18(27-21)15-4-2-9-25-13-15/h1-13H,(H,26,28)(H,29,30). The van der Waals surface area contributed by atoms with Gasteiger partial charge in [-0.25, -0.2) is 9.97 Å². The highest BCUT2D eigenvalue weighted by Crippen LogP contribution is 2.33. The van der Waals surface area contributed by atoms with E-state index in [0.29, 0.717) is 0 Å². The van der Waals surface area contributed by atoms with Crippen molar-refractivity contribution in [1.29, 1.82) is 0 Å². The van der Waals surface area contributed by atoms with Crippen molar-refractivity contribution in [2.45, 2.75) is 0 Å². The Bertz CT molecular complexity index is 1480. The maximum Gasteiger partial charge on any atom is 0.138 e. The van der Waals surface area contributed by atoms with E-state index >= 15 is 0 Å². The highest BCUT2D eigenvalue weighted by atomic mass is 15.1. The van der Waals surface area contributed by atoms with Crippen molar-refractivity contribution in [3.8, 4) is 33.8 Å². The monoisotopic (exact) mass is 389 g/mol. The Hall–Kier alpha value is -4.39. The SMILES string of the molecule is c1cncc(-c2ccc3[nH]nc(-c4cc5c(-c6cccnc6)ccnc5[nH]4)c3n2)c1. The molecule has 0 bridgehead atoms. The number of aromatic amines is 2. The molecule has 0 aromatic carbocycles. The van der Waals surface area contributed by atoms with Gasteiger partial charge in [0, 0.05) is 47.5 Å². The van der Waals surface area contributed by atoms with E-state index in [1.807, 2.05) is 48.7 Å². The van der Waals surface area contributed by atoms with Crippen molar-refractivity contribution in [3.05, 3.63) is 79.5 Å². The van der Waals surface area contributed by atoms with Crippen LogP contribution in [0.4, 0.5) is 0 Å². The summed E-state index contributed by atoms with van der Waals surface area (Å²) in [6.07, 6.45) is 8.98. The zero-order chi connectivity index (χ0) is 19.9. The molecule has 6 aromatic heterocycles. The van der Waals surface area contributed by atoms with Crippen LogP contribution in [0.5, 0.6) is 0 Å². The fourth-order valence-corrected chi connectivity index (χ4v) is 3.69. The van der Waals surface area contributed by atoms with E-state index in [-0.39, 0.29) is 0 Å². The molecule has 0 amide bonds. The molecule has 2 N–H and O–H groups in total. The van der Waals surface area contributed by atoms with Gasteiger partial charge in [-0.05, 0) is 48.0 Å². The van der Waals surface area contributed by atoms with E-state index in [4.69, 9.17) is 4.98 Å². The lowest BCUT2D eigenvalue weighted by molar-refractivity contribution is 1.12. The Morgan fingerprint density at radius 1 is 0.800 bits per heavy atom. The fraction of sp³-hybridized carbons (Fsp3) is 0. The first-order chi connectivity index (χ1) is 14.9. The highest BCUT2D eigenvalue weighted by molar-refractivity contribution is 5.98. The van der Waals surface area contributed by atoms with Crippen molar-refractivity contribution in [2.24, 2.45) is 0 Å². The predicted molar refractivity (Wildman–Crippen MR) is 115 cm³/mol. The number of nitrogens with zero attached hydrogens (tertiary/aromatic N) is 5. The largest absolute Gasteiger partial charge is 0.338 e. The smallest absolute Gasteiger partial charge is 0.138 e. The summed E-state index contributed by atoms with van der Waals surface area (Å²) in [5.74, 6) is 0. The number of pyridine rings is 4. The lowest BCUT2D eigenvalue weighted by atomic mass is 10.1. The summed E-state index contributed by atoms with van der Waals surface area (Å²) in [6.45, 7) is 0. The average Bonchev–Trinajstić information content (AvgIpc) is 3.43. The van der Waals surface area contributed by atoms with Gasteiger partial charge in [0.1, 0.15) is 16.9 Å². The number of H-pyrrole nitrogens is 2. The Labute approximate surface area is 170 Å². The summed E-state index contributed by atoms with van der Waals surface area (Å²) in [7, 11) is 0. The summed E-state index contributed by atoms with van der Waals surface area (Å²) >= 11 is 0. The van der Waals surface area contributed by atoms with E-state index in [9.17, 15) is 0 Å². The van der Waals surface area contributed by atoms with Crippen molar-refractivity contribution in [2.75, 3.05) is 0 Å². The lowest BCUT2D eigenvalue weighted by Crippen LogP contribution is -1.86. The molecular formula is C23H15N7. The second-order valence-corrected chi connectivity index (χ2v) is 6.95. The number of rotatable bonds is 3. The highest BCUT2D eigenvalue weighted by Gasteiger charge is 2.16. The van der Waals surface area contributed by atoms with Gasteiger partial charge < -0.3 is 4.98 Å². The van der Waals surface area contributed by atoms with Crippen molar-refractivity contribution < 1.29 is 0 Å². The van der Waals surface area contributed by atoms with Crippen LogP contribution in [0, 0.1) is 0 Å². The van der Waals surface area contributed by atoms with Gasteiger partial charge in [-0.3, -0.25) is 15.1 Å². The zero-order valence-corrected chi connectivity index (χ0v) is 15.7. The van der Waals surface area contributed by atoms with Crippen molar-refractivity contribution >= 4 is 22.1 Å².